The van der Waals surface area contributed by atoms with Gasteiger partial charge in [-0.2, -0.15) is 0 Å². The number of hydrogen-bond acceptors (Lipinski definition) is 3. The lowest BCUT2D eigenvalue weighted by atomic mass is 10.2. The molecule has 0 aromatic carbocycles. The largest absolute Gasteiger partial charge is 0.323 e. The molecule has 1 atom stereocenters. The average Bonchev–Trinajstić information content (AvgIpc) is 2.04. The van der Waals surface area contributed by atoms with Gasteiger partial charge in [0.2, 0.25) is 0 Å². The van der Waals surface area contributed by atoms with Crippen molar-refractivity contribution >= 4 is 5.71 Å². The summed E-state index contributed by atoms with van der Waals surface area (Å²) < 4.78 is 0. The van der Waals surface area contributed by atoms with Gasteiger partial charge in [0.1, 0.15) is 0 Å². The molecule has 0 aliphatic rings. The van der Waals surface area contributed by atoms with Crippen LogP contribution in [0.5, 0.6) is 0 Å². The summed E-state index contributed by atoms with van der Waals surface area (Å²) in [6.07, 6.45) is 0. The number of nitrogens with two attached hydrogens (primary N) is 1. The summed E-state index contributed by atoms with van der Waals surface area (Å²) >= 11 is 0. The highest BCUT2D eigenvalue weighted by Gasteiger charge is 2.02. The molecule has 0 amide bonds. The van der Waals surface area contributed by atoms with E-state index in [9.17, 15) is 0 Å². The number of rotatable bonds is 2. The summed E-state index contributed by atoms with van der Waals surface area (Å²) in [4.78, 5) is 4.22. The quantitative estimate of drug-likeness (QED) is 0.649. The van der Waals surface area contributed by atoms with Gasteiger partial charge in [-0.15, -0.1) is 0 Å². The Morgan fingerprint density at radius 3 is 2.75 bits per heavy atom. The minimum Gasteiger partial charge on any atom is -0.323 e. The van der Waals surface area contributed by atoms with Gasteiger partial charge in [0, 0.05) is 6.04 Å². The monoisotopic (exact) mass is 163 g/mol. The van der Waals surface area contributed by atoms with Crippen LogP contribution in [0.4, 0.5) is 0 Å². The van der Waals surface area contributed by atoms with Crippen LogP contribution in [0.3, 0.4) is 0 Å². The Morgan fingerprint density at radius 2 is 2.25 bits per heavy atom. The molecule has 3 nitrogen and oxygen atoms in total. The SMILES string of the molecule is CC(=N)c1cccc(C(C)N)n1. The maximum absolute atomic E-state index is 7.37. The highest BCUT2D eigenvalue weighted by atomic mass is 14.8. The maximum Gasteiger partial charge on any atom is 0.0838 e. The Balaban J connectivity index is 3.04. The Kier molecular flexibility index (Phi) is 2.55. The molecule has 0 saturated heterocycles. The fourth-order valence-electron chi connectivity index (χ4n) is 0.914. The van der Waals surface area contributed by atoms with Crippen molar-refractivity contribution in [2.45, 2.75) is 19.9 Å². The van der Waals surface area contributed by atoms with E-state index in [-0.39, 0.29) is 6.04 Å². The molecule has 1 rings (SSSR count). The van der Waals surface area contributed by atoms with E-state index >= 15 is 0 Å². The molecule has 12 heavy (non-hydrogen) atoms. The van der Waals surface area contributed by atoms with Crippen molar-refractivity contribution < 1.29 is 0 Å². The first kappa shape index (κ1) is 8.87. The van der Waals surface area contributed by atoms with Crippen molar-refractivity contribution in [3.8, 4) is 0 Å². The minimum absolute atomic E-state index is 0.0655. The van der Waals surface area contributed by atoms with Crippen LogP contribution in [-0.2, 0) is 0 Å². The molecule has 1 heterocycles. The van der Waals surface area contributed by atoms with Crippen molar-refractivity contribution in [3.63, 3.8) is 0 Å². The van der Waals surface area contributed by atoms with Crippen LogP contribution in [0.25, 0.3) is 0 Å². The van der Waals surface area contributed by atoms with Crippen LogP contribution in [-0.4, -0.2) is 10.7 Å². The molecule has 0 aliphatic heterocycles. The van der Waals surface area contributed by atoms with Gasteiger partial charge in [0.05, 0.1) is 17.1 Å². The fourth-order valence-corrected chi connectivity index (χ4v) is 0.914. The van der Waals surface area contributed by atoms with E-state index in [2.05, 4.69) is 4.98 Å². The standard InChI is InChI=1S/C9H13N3/c1-6(10)8-4-3-5-9(12-8)7(2)11/h3-6,11H,10H2,1-2H3. The molecule has 0 fully saturated rings. The summed E-state index contributed by atoms with van der Waals surface area (Å²) in [6, 6.07) is 5.49. The predicted molar refractivity (Wildman–Crippen MR) is 49.3 cm³/mol. The zero-order chi connectivity index (χ0) is 9.14. The topological polar surface area (TPSA) is 62.8 Å². The van der Waals surface area contributed by atoms with E-state index in [1.54, 1.807) is 6.92 Å². The molecule has 3 N–H and O–H groups in total. The molecule has 0 aliphatic carbocycles. The highest BCUT2D eigenvalue weighted by molar-refractivity contribution is 5.94. The predicted octanol–water partition coefficient (Wildman–Crippen LogP) is 1.49. The third-order valence-corrected chi connectivity index (χ3v) is 1.62. The molecule has 0 radical (unpaired) electrons. The summed E-state index contributed by atoms with van der Waals surface area (Å²) in [5.74, 6) is 0. The molecule has 0 bridgehead atoms. The van der Waals surface area contributed by atoms with Gasteiger partial charge in [-0.1, -0.05) is 6.07 Å². The Bertz CT molecular complexity index is 292. The van der Waals surface area contributed by atoms with E-state index in [0.717, 1.165) is 5.69 Å². The van der Waals surface area contributed by atoms with Crippen LogP contribution in [0.1, 0.15) is 31.3 Å². The molecule has 1 unspecified atom stereocenters. The van der Waals surface area contributed by atoms with Gasteiger partial charge in [-0.25, -0.2) is 4.98 Å². The van der Waals surface area contributed by atoms with Gasteiger partial charge in [-0.3, -0.25) is 0 Å². The van der Waals surface area contributed by atoms with Crippen molar-refractivity contribution in [2.75, 3.05) is 0 Å². The van der Waals surface area contributed by atoms with Crippen LogP contribution < -0.4 is 5.73 Å². The first-order valence-electron chi connectivity index (χ1n) is 3.89. The number of nitrogens with one attached hydrogen (secondary N) is 1. The normalized spacial score (nSPS) is 12.6. The van der Waals surface area contributed by atoms with E-state index in [4.69, 9.17) is 11.1 Å². The van der Waals surface area contributed by atoms with E-state index < -0.39 is 0 Å². The van der Waals surface area contributed by atoms with Crippen LogP contribution in [0.2, 0.25) is 0 Å². The Morgan fingerprint density at radius 1 is 1.58 bits per heavy atom. The molecule has 1 aromatic rings. The van der Waals surface area contributed by atoms with Gasteiger partial charge < -0.3 is 11.1 Å². The lowest BCUT2D eigenvalue weighted by molar-refractivity contribution is 0.779. The average molecular weight is 163 g/mol. The number of hydrogen-bond donors (Lipinski definition) is 2. The third kappa shape index (κ3) is 1.89. The minimum atomic E-state index is -0.0655. The smallest absolute Gasteiger partial charge is 0.0838 e. The Labute approximate surface area is 72.1 Å². The van der Waals surface area contributed by atoms with E-state index in [1.165, 1.54) is 0 Å². The Hall–Kier alpha value is -1.22. The van der Waals surface area contributed by atoms with Crippen molar-refractivity contribution in [3.05, 3.63) is 29.6 Å². The molecule has 0 spiro atoms. The van der Waals surface area contributed by atoms with Crippen molar-refractivity contribution in [2.24, 2.45) is 5.73 Å². The van der Waals surface area contributed by atoms with Crippen LogP contribution >= 0.6 is 0 Å². The van der Waals surface area contributed by atoms with Crippen molar-refractivity contribution in [1.82, 2.24) is 4.98 Å². The molecule has 0 saturated carbocycles. The van der Waals surface area contributed by atoms with Crippen molar-refractivity contribution in [1.29, 1.82) is 5.41 Å². The zero-order valence-electron chi connectivity index (χ0n) is 7.33. The van der Waals surface area contributed by atoms with E-state index in [0.29, 0.717) is 11.4 Å². The second-order valence-corrected chi connectivity index (χ2v) is 2.86. The second-order valence-electron chi connectivity index (χ2n) is 2.86. The molecular weight excluding hydrogens is 150 g/mol. The highest BCUT2D eigenvalue weighted by Crippen LogP contribution is 2.06. The zero-order valence-corrected chi connectivity index (χ0v) is 7.33. The fraction of sp³-hybridized carbons (Fsp3) is 0.333. The van der Waals surface area contributed by atoms with Gasteiger partial charge in [-0.05, 0) is 26.0 Å². The first-order chi connectivity index (χ1) is 5.61. The molecule has 64 valence electrons. The summed E-state index contributed by atoms with van der Waals surface area (Å²) in [5.41, 5.74) is 7.65. The van der Waals surface area contributed by atoms with Gasteiger partial charge in [0.25, 0.3) is 0 Å². The maximum atomic E-state index is 7.37. The first-order valence-corrected chi connectivity index (χ1v) is 3.89. The summed E-state index contributed by atoms with van der Waals surface area (Å²) in [6.45, 7) is 3.60. The summed E-state index contributed by atoms with van der Waals surface area (Å²) in [7, 11) is 0. The number of nitrogens with zero attached hydrogens (tertiary/aromatic N) is 1. The van der Waals surface area contributed by atoms with E-state index in [1.807, 2.05) is 25.1 Å². The second kappa shape index (κ2) is 3.45. The number of pyridine rings is 1. The lowest BCUT2D eigenvalue weighted by Crippen LogP contribution is -2.09. The number of aromatic nitrogens is 1. The van der Waals surface area contributed by atoms with Crippen LogP contribution in [0, 0.1) is 5.41 Å². The lowest BCUT2D eigenvalue weighted by Gasteiger charge is -2.05. The van der Waals surface area contributed by atoms with Gasteiger partial charge >= 0.3 is 0 Å². The molecular formula is C9H13N3. The van der Waals surface area contributed by atoms with Gasteiger partial charge in [0.15, 0.2) is 0 Å². The third-order valence-electron chi connectivity index (χ3n) is 1.62. The van der Waals surface area contributed by atoms with Crippen LogP contribution in [0.15, 0.2) is 18.2 Å². The summed E-state index contributed by atoms with van der Waals surface area (Å²) in [5, 5.41) is 7.37. The molecule has 3 heteroatoms. The molecule has 1 aromatic heterocycles.